The van der Waals surface area contributed by atoms with Gasteiger partial charge in [0, 0.05) is 18.7 Å². The van der Waals surface area contributed by atoms with Crippen molar-refractivity contribution in [2.45, 2.75) is 25.6 Å². The van der Waals surface area contributed by atoms with Gasteiger partial charge in [0.1, 0.15) is 0 Å². The lowest BCUT2D eigenvalue weighted by molar-refractivity contribution is -0.162. The van der Waals surface area contributed by atoms with E-state index in [0.29, 0.717) is 19.6 Å². The first-order valence-corrected chi connectivity index (χ1v) is 6.26. The maximum absolute atomic E-state index is 12.0. The number of piperazine rings is 1. The molecule has 5 heteroatoms. The van der Waals surface area contributed by atoms with Gasteiger partial charge in [0.15, 0.2) is 6.23 Å². The third-order valence-electron chi connectivity index (χ3n) is 3.46. The van der Waals surface area contributed by atoms with Crippen LogP contribution in [0.25, 0.3) is 0 Å². The summed E-state index contributed by atoms with van der Waals surface area (Å²) >= 11 is 0. The first-order chi connectivity index (χ1) is 9.07. The first-order valence-electron chi connectivity index (χ1n) is 6.26. The lowest BCUT2D eigenvalue weighted by atomic mass is 9.97. The number of amides is 1. The van der Waals surface area contributed by atoms with Crippen molar-refractivity contribution in [2.75, 3.05) is 13.1 Å². The molecule has 1 aromatic rings. The number of nitrogens with one attached hydrogen (secondary N) is 1. The van der Waals surface area contributed by atoms with Crippen LogP contribution in [-0.2, 0) is 14.3 Å². The van der Waals surface area contributed by atoms with Crippen molar-refractivity contribution in [3.63, 3.8) is 0 Å². The highest BCUT2D eigenvalue weighted by Gasteiger charge is 2.42. The standard InChI is InChI=1S/C14H18N2O3/c1-14(2)13(18)15-8-9-16(14)12(19-10-17)11-6-4-3-5-7-11/h3-7,10,12H,8-9H2,1-2H3,(H,15,18). The Kier molecular flexibility index (Phi) is 3.85. The highest BCUT2D eigenvalue weighted by molar-refractivity contribution is 5.86. The molecule has 1 aliphatic rings. The monoisotopic (exact) mass is 262 g/mol. The summed E-state index contributed by atoms with van der Waals surface area (Å²) in [6, 6.07) is 9.43. The van der Waals surface area contributed by atoms with Gasteiger partial charge in [-0.2, -0.15) is 0 Å². The second-order valence-corrected chi connectivity index (χ2v) is 5.00. The van der Waals surface area contributed by atoms with Crippen molar-refractivity contribution in [1.29, 1.82) is 0 Å². The minimum absolute atomic E-state index is 0.0609. The van der Waals surface area contributed by atoms with E-state index in [9.17, 15) is 9.59 Å². The summed E-state index contributed by atoms with van der Waals surface area (Å²) in [6.45, 7) is 5.26. The smallest absolute Gasteiger partial charge is 0.294 e. The van der Waals surface area contributed by atoms with Crippen LogP contribution >= 0.6 is 0 Å². The van der Waals surface area contributed by atoms with Crippen LogP contribution < -0.4 is 5.32 Å². The van der Waals surface area contributed by atoms with Gasteiger partial charge >= 0.3 is 0 Å². The van der Waals surface area contributed by atoms with Crippen LogP contribution in [0.15, 0.2) is 30.3 Å². The van der Waals surface area contributed by atoms with Gasteiger partial charge in [-0.25, -0.2) is 4.90 Å². The maximum Gasteiger partial charge on any atom is 0.294 e. The highest BCUT2D eigenvalue weighted by Crippen LogP contribution is 2.30. The van der Waals surface area contributed by atoms with Crippen LogP contribution in [0.3, 0.4) is 0 Å². The van der Waals surface area contributed by atoms with Gasteiger partial charge in [0.25, 0.3) is 6.47 Å². The Morgan fingerprint density at radius 3 is 2.68 bits per heavy atom. The fourth-order valence-electron chi connectivity index (χ4n) is 2.33. The Morgan fingerprint density at radius 1 is 1.37 bits per heavy atom. The molecular formula is C14H18N2O3. The number of ether oxygens (including phenoxy) is 1. The topological polar surface area (TPSA) is 58.6 Å². The van der Waals surface area contributed by atoms with Crippen molar-refractivity contribution >= 4 is 12.4 Å². The third-order valence-corrected chi connectivity index (χ3v) is 3.46. The van der Waals surface area contributed by atoms with Gasteiger partial charge in [-0.15, -0.1) is 0 Å². The van der Waals surface area contributed by atoms with E-state index < -0.39 is 11.8 Å². The van der Waals surface area contributed by atoms with Crippen molar-refractivity contribution in [2.24, 2.45) is 0 Å². The van der Waals surface area contributed by atoms with E-state index in [-0.39, 0.29) is 5.91 Å². The molecule has 0 saturated carbocycles. The molecule has 1 N–H and O–H groups in total. The van der Waals surface area contributed by atoms with Crippen molar-refractivity contribution < 1.29 is 14.3 Å². The Morgan fingerprint density at radius 2 is 2.05 bits per heavy atom. The molecule has 19 heavy (non-hydrogen) atoms. The number of hydrogen-bond acceptors (Lipinski definition) is 4. The zero-order chi connectivity index (χ0) is 13.9. The highest BCUT2D eigenvalue weighted by atomic mass is 16.5. The maximum atomic E-state index is 12.0. The first kappa shape index (κ1) is 13.5. The molecular weight excluding hydrogens is 244 g/mol. The molecule has 0 radical (unpaired) electrons. The van der Waals surface area contributed by atoms with Crippen LogP contribution in [0, 0.1) is 0 Å². The molecule has 102 valence electrons. The molecule has 2 rings (SSSR count). The SMILES string of the molecule is CC1(C)C(=O)NCCN1C(OC=O)c1ccccc1. The van der Waals surface area contributed by atoms with E-state index in [1.54, 1.807) is 0 Å². The summed E-state index contributed by atoms with van der Waals surface area (Å²) in [6.07, 6.45) is -0.542. The number of hydrogen-bond donors (Lipinski definition) is 1. The predicted molar refractivity (Wildman–Crippen MR) is 70.1 cm³/mol. The predicted octanol–water partition coefficient (Wildman–Crippen LogP) is 1.07. The van der Waals surface area contributed by atoms with E-state index in [0.717, 1.165) is 5.56 Å². The Hall–Kier alpha value is -1.88. The summed E-state index contributed by atoms with van der Waals surface area (Å²) < 4.78 is 5.22. The molecule has 1 aromatic carbocycles. The zero-order valence-electron chi connectivity index (χ0n) is 11.1. The van der Waals surface area contributed by atoms with Gasteiger partial charge in [-0.05, 0) is 13.8 Å². The number of rotatable bonds is 4. The van der Waals surface area contributed by atoms with Gasteiger partial charge in [0.2, 0.25) is 5.91 Å². The van der Waals surface area contributed by atoms with Gasteiger partial charge in [-0.3, -0.25) is 9.59 Å². The molecule has 0 spiro atoms. The molecule has 1 atom stereocenters. The van der Waals surface area contributed by atoms with E-state index in [4.69, 9.17) is 4.74 Å². The molecule has 1 saturated heterocycles. The molecule has 0 aliphatic carbocycles. The second kappa shape index (κ2) is 5.40. The van der Waals surface area contributed by atoms with Crippen LogP contribution in [0.4, 0.5) is 0 Å². The molecule has 1 heterocycles. The molecule has 1 unspecified atom stereocenters. The van der Waals surface area contributed by atoms with Crippen LogP contribution in [0.2, 0.25) is 0 Å². The summed E-state index contributed by atoms with van der Waals surface area (Å²) in [5, 5.41) is 2.83. The quantitative estimate of drug-likeness (QED) is 0.825. The molecule has 0 bridgehead atoms. The summed E-state index contributed by atoms with van der Waals surface area (Å²) in [4.78, 5) is 24.6. The Bertz CT molecular complexity index is 459. The fraction of sp³-hybridized carbons (Fsp3) is 0.429. The summed E-state index contributed by atoms with van der Waals surface area (Å²) in [5.41, 5.74) is 0.138. The molecule has 1 amide bonds. The average Bonchev–Trinajstić information content (AvgIpc) is 2.41. The van der Waals surface area contributed by atoms with E-state index in [1.807, 2.05) is 49.1 Å². The molecule has 5 nitrogen and oxygen atoms in total. The van der Waals surface area contributed by atoms with Gasteiger partial charge in [-0.1, -0.05) is 30.3 Å². The summed E-state index contributed by atoms with van der Waals surface area (Å²) in [7, 11) is 0. The third kappa shape index (κ3) is 2.61. The number of carbonyl (C=O) groups is 2. The van der Waals surface area contributed by atoms with E-state index >= 15 is 0 Å². The van der Waals surface area contributed by atoms with Gasteiger partial charge in [0.05, 0.1) is 5.54 Å². The fourth-order valence-corrected chi connectivity index (χ4v) is 2.33. The minimum Gasteiger partial charge on any atom is -0.444 e. The van der Waals surface area contributed by atoms with Crippen LogP contribution in [0.5, 0.6) is 0 Å². The number of benzene rings is 1. The van der Waals surface area contributed by atoms with Gasteiger partial charge < -0.3 is 10.1 Å². The average molecular weight is 262 g/mol. The normalized spacial score (nSPS) is 20.4. The molecule has 0 aromatic heterocycles. The van der Waals surface area contributed by atoms with E-state index in [1.165, 1.54) is 0 Å². The lowest BCUT2D eigenvalue weighted by Gasteiger charge is -2.44. The molecule has 1 fully saturated rings. The zero-order valence-corrected chi connectivity index (χ0v) is 11.1. The Balaban J connectivity index is 2.33. The van der Waals surface area contributed by atoms with Crippen molar-refractivity contribution in [1.82, 2.24) is 10.2 Å². The van der Waals surface area contributed by atoms with Crippen LogP contribution in [-0.4, -0.2) is 35.9 Å². The van der Waals surface area contributed by atoms with E-state index in [2.05, 4.69) is 5.32 Å². The lowest BCUT2D eigenvalue weighted by Crippen LogP contribution is -2.62. The second-order valence-electron chi connectivity index (χ2n) is 5.00. The number of nitrogens with zero attached hydrogens (tertiary/aromatic N) is 1. The summed E-state index contributed by atoms with van der Waals surface area (Å²) in [5.74, 6) is -0.0609. The van der Waals surface area contributed by atoms with Crippen molar-refractivity contribution in [3.05, 3.63) is 35.9 Å². The van der Waals surface area contributed by atoms with Crippen molar-refractivity contribution in [3.8, 4) is 0 Å². The van der Waals surface area contributed by atoms with Crippen LogP contribution in [0.1, 0.15) is 25.6 Å². The largest absolute Gasteiger partial charge is 0.444 e. The number of carbonyl (C=O) groups excluding carboxylic acids is 2. The minimum atomic E-state index is -0.720. The molecule has 1 aliphatic heterocycles. The Labute approximate surface area is 112 Å².